The van der Waals surface area contributed by atoms with Crippen molar-refractivity contribution in [3.05, 3.63) is 29.8 Å². The molecule has 0 aliphatic carbocycles. The van der Waals surface area contributed by atoms with Crippen molar-refractivity contribution < 1.29 is 14.6 Å². The molecule has 1 rings (SSSR count). The zero-order chi connectivity index (χ0) is 12.0. The van der Waals surface area contributed by atoms with E-state index in [-0.39, 0.29) is 17.6 Å². The van der Waals surface area contributed by atoms with E-state index in [1.807, 2.05) is 6.07 Å². The van der Waals surface area contributed by atoms with Gasteiger partial charge in [0, 0.05) is 0 Å². The molecule has 0 aliphatic heterocycles. The predicted molar refractivity (Wildman–Crippen MR) is 62.4 cm³/mol. The van der Waals surface area contributed by atoms with Crippen molar-refractivity contribution in [1.82, 2.24) is 0 Å². The molecule has 1 atom stereocenters. The Kier molecular flexibility index (Phi) is 4.83. The van der Waals surface area contributed by atoms with Crippen LogP contribution in [0.15, 0.2) is 24.3 Å². The van der Waals surface area contributed by atoms with Gasteiger partial charge in [0.1, 0.15) is 5.75 Å². The maximum atomic E-state index is 11.3. The van der Waals surface area contributed by atoms with Crippen LogP contribution in [-0.4, -0.2) is 18.2 Å². The van der Waals surface area contributed by atoms with E-state index < -0.39 is 0 Å². The average Bonchev–Trinajstić information content (AvgIpc) is 2.28. The van der Waals surface area contributed by atoms with E-state index in [2.05, 4.69) is 11.7 Å². The van der Waals surface area contributed by atoms with Gasteiger partial charge in [0.25, 0.3) is 0 Å². The molecule has 88 valence electrons. The topological polar surface area (TPSA) is 46.5 Å². The van der Waals surface area contributed by atoms with Crippen LogP contribution in [0.1, 0.15) is 37.7 Å². The van der Waals surface area contributed by atoms with Gasteiger partial charge in [0.15, 0.2) is 0 Å². The first kappa shape index (κ1) is 12.6. The van der Waals surface area contributed by atoms with Gasteiger partial charge in [0.2, 0.25) is 0 Å². The summed E-state index contributed by atoms with van der Waals surface area (Å²) in [5, 5.41) is 9.41. The number of phenols is 1. The summed E-state index contributed by atoms with van der Waals surface area (Å²) in [5.41, 5.74) is 0.993. The van der Waals surface area contributed by atoms with Crippen molar-refractivity contribution in [2.24, 2.45) is 0 Å². The molecule has 1 aromatic rings. The third-order valence-electron chi connectivity index (χ3n) is 2.62. The summed E-state index contributed by atoms with van der Waals surface area (Å²) in [6.45, 7) is 2.08. The van der Waals surface area contributed by atoms with Gasteiger partial charge in [-0.2, -0.15) is 0 Å². The lowest BCUT2D eigenvalue weighted by atomic mass is 9.91. The average molecular weight is 222 g/mol. The lowest BCUT2D eigenvalue weighted by Crippen LogP contribution is -2.08. The molecule has 0 aliphatic rings. The molecule has 1 aromatic carbocycles. The first-order valence-corrected chi connectivity index (χ1v) is 5.53. The molecule has 0 spiro atoms. The number of phenolic OH excluding ortho intramolecular Hbond substituents is 1. The molecule has 1 unspecified atom stereocenters. The van der Waals surface area contributed by atoms with Gasteiger partial charge in [-0.3, -0.25) is 4.79 Å². The van der Waals surface area contributed by atoms with Crippen LogP contribution in [-0.2, 0) is 9.53 Å². The Morgan fingerprint density at radius 3 is 2.81 bits per heavy atom. The van der Waals surface area contributed by atoms with Gasteiger partial charge >= 0.3 is 5.97 Å². The van der Waals surface area contributed by atoms with Gasteiger partial charge in [-0.15, -0.1) is 0 Å². The Hall–Kier alpha value is -1.51. The number of carbonyl (C=O) groups is 1. The summed E-state index contributed by atoms with van der Waals surface area (Å²) in [4.78, 5) is 11.3. The van der Waals surface area contributed by atoms with Crippen molar-refractivity contribution in [3.8, 4) is 5.75 Å². The highest BCUT2D eigenvalue weighted by molar-refractivity contribution is 5.70. The Balaban J connectivity index is 2.80. The monoisotopic (exact) mass is 222 g/mol. The smallest absolute Gasteiger partial charge is 0.306 e. The maximum absolute atomic E-state index is 11.3. The Labute approximate surface area is 96.1 Å². The van der Waals surface area contributed by atoms with E-state index >= 15 is 0 Å². The maximum Gasteiger partial charge on any atom is 0.306 e. The van der Waals surface area contributed by atoms with Gasteiger partial charge in [-0.1, -0.05) is 25.5 Å². The van der Waals surface area contributed by atoms with Gasteiger partial charge in [-0.25, -0.2) is 0 Å². The van der Waals surface area contributed by atoms with Crippen LogP contribution in [0, 0.1) is 0 Å². The van der Waals surface area contributed by atoms with Crippen LogP contribution in [0.2, 0.25) is 0 Å². The number of benzene rings is 1. The van der Waals surface area contributed by atoms with E-state index in [9.17, 15) is 9.90 Å². The van der Waals surface area contributed by atoms with Crippen molar-refractivity contribution in [3.63, 3.8) is 0 Å². The fourth-order valence-electron chi connectivity index (χ4n) is 1.80. The van der Waals surface area contributed by atoms with Crippen LogP contribution in [0.4, 0.5) is 0 Å². The lowest BCUT2D eigenvalue weighted by molar-refractivity contribution is -0.141. The fraction of sp³-hybridized carbons (Fsp3) is 0.462. The Bertz CT molecular complexity index is 347. The SMILES string of the molecule is CCCC(CC(=O)OC)c1cccc(O)c1. The minimum absolute atomic E-state index is 0.129. The summed E-state index contributed by atoms with van der Waals surface area (Å²) in [5.74, 6) is 0.162. The molecule has 0 radical (unpaired) electrons. The number of carbonyl (C=O) groups excluding carboxylic acids is 1. The van der Waals surface area contributed by atoms with Gasteiger partial charge in [0.05, 0.1) is 13.5 Å². The summed E-state index contributed by atoms with van der Waals surface area (Å²) >= 11 is 0. The highest BCUT2D eigenvalue weighted by Crippen LogP contribution is 2.27. The molecule has 0 saturated carbocycles. The Morgan fingerprint density at radius 1 is 1.50 bits per heavy atom. The predicted octanol–water partition coefficient (Wildman–Crippen LogP) is 2.84. The van der Waals surface area contributed by atoms with Crippen molar-refractivity contribution in [2.45, 2.75) is 32.1 Å². The second-order valence-electron chi connectivity index (χ2n) is 3.86. The molecule has 0 bridgehead atoms. The molecule has 0 aromatic heterocycles. The highest BCUT2D eigenvalue weighted by atomic mass is 16.5. The molecule has 3 nitrogen and oxygen atoms in total. The molecule has 0 heterocycles. The van der Waals surface area contributed by atoms with Gasteiger partial charge in [-0.05, 0) is 30.0 Å². The van der Waals surface area contributed by atoms with Crippen molar-refractivity contribution in [1.29, 1.82) is 0 Å². The number of hydrogen-bond donors (Lipinski definition) is 1. The molecule has 3 heteroatoms. The number of ether oxygens (including phenoxy) is 1. The number of aromatic hydroxyl groups is 1. The molecular formula is C13H18O3. The third-order valence-corrected chi connectivity index (χ3v) is 2.62. The van der Waals surface area contributed by atoms with Gasteiger partial charge < -0.3 is 9.84 Å². The standard InChI is InChI=1S/C13H18O3/c1-3-5-10(9-13(15)16-2)11-6-4-7-12(14)8-11/h4,6-8,10,14H,3,5,9H2,1-2H3. The number of esters is 1. The zero-order valence-corrected chi connectivity index (χ0v) is 9.77. The van der Waals surface area contributed by atoms with Crippen LogP contribution in [0.25, 0.3) is 0 Å². The molecular weight excluding hydrogens is 204 g/mol. The lowest BCUT2D eigenvalue weighted by Gasteiger charge is -2.15. The minimum atomic E-state index is -0.207. The fourth-order valence-corrected chi connectivity index (χ4v) is 1.80. The van der Waals surface area contributed by atoms with Crippen LogP contribution >= 0.6 is 0 Å². The number of methoxy groups -OCH3 is 1. The van der Waals surface area contributed by atoms with E-state index in [4.69, 9.17) is 0 Å². The van der Waals surface area contributed by atoms with E-state index in [0.29, 0.717) is 6.42 Å². The molecule has 0 saturated heterocycles. The summed E-state index contributed by atoms with van der Waals surface area (Å²) in [7, 11) is 1.40. The van der Waals surface area contributed by atoms with Crippen LogP contribution in [0.3, 0.4) is 0 Å². The summed E-state index contributed by atoms with van der Waals surface area (Å²) in [6, 6.07) is 7.07. The van der Waals surface area contributed by atoms with Crippen molar-refractivity contribution >= 4 is 5.97 Å². The number of rotatable bonds is 5. The largest absolute Gasteiger partial charge is 0.508 e. The second kappa shape index (κ2) is 6.16. The summed E-state index contributed by atoms with van der Waals surface area (Å²) in [6.07, 6.45) is 2.28. The molecule has 16 heavy (non-hydrogen) atoms. The third kappa shape index (κ3) is 3.57. The zero-order valence-electron chi connectivity index (χ0n) is 9.77. The van der Waals surface area contributed by atoms with E-state index in [1.54, 1.807) is 18.2 Å². The van der Waals surface area contributed by atoms with E-state index in [0.717, 1.165) is 18.4 Å². The molecule has 1 N–H and O–H groups in total. The first-order chi connectivity index (χ1) is 7.67. The quantitative estimate of drug-likeness (QED) is 0.779. The normalized spacial score (nSPS) is 12.1. The number of hydrogen-bond acceptors (Lipinski definition) is 3. The first-order valence-electron chi connectivity index (χ1n) is 5.53. The van der Waals surface area contributed by atoms with Crippen LogP contribution in [0.5, 0.6) is 5.75 Å². The Morgan fingerprint density at radius 2 is 2.25 bits per heavy atom. The minimum Gasteiger partial charge on any atom is -0.508 e. The van der Waals surface area contributed by atoms with Crippen molar-refractivity contribution in [2.75, 3.05) is 7.11 Å². The highest BCUT2D eigenvalue weighted by Gasteiger charge is 2.15. The summed E-state index contributed by atoms with van der Waals surface area (Å²) < 4.78 is 4.68. The van der Waals surface area contributed by atoms with E-state index in [1.165, 1.54) is 7.11 Å². The molecule has 0 fully saturated rings. The second-order valence-corrected chi connectivity index (χ2v) is 3.86. The molecule has 0 amide bonds. The van der Waals surface area contributed by atoms with Crippen LogP contribution < -0.4 is 0 Å².